The largest absolute Gasteiger partial charge is 0.481 e. The second kappa shape index (κ2) is 4.54. The van der Waals surface area contributed by atoms with E-state index in [1.165, 1.54) is 6.20 Å². The van der Waals surface area contributed by atoms with Crippen molar-refractivity contribution in [2.45, 2.75) is 38.5 Å². The summed E-state index contributed by atoms with van der Waals surface area (Å²) in [7, 11) is 0. The number of carbonyl (C=O) groups excluding carboxylic acids is 1. The number of aliphatic carboxylic acids is 1. The molecule has 0 radical (unpaired) electrons. The van der Waals surface area contributed by atoms with E-state index in [0.29, 0.717) is 24.0 Å². The fourth-order valence-corrected chi connectivity index (χ4v) is 5.37. The maximum Gasteiger partial charge on any atom is 0.317 e. The van der Waals surface area contributed by atoms with Gasteiger partial charge in [-0.1, -0.05) is 0 Å². The highest BCUT2D eigenvalue weighted by molar-refractivity contribution is 5.83. The van der Waals surface area contributed by atoms with Crippen molar-refractivity contribution in [1.82, 2.24) is 4.98 Å². The molecular weight excluding hydrogens is 282 g/mol. The van der Waals surface area contributed by atoms with Crippen LogP contribution in [0.5, 0.6) is 5.75 Å². The van der Waals surface area contributed by atoms with E-state index in [9.17, 15) is 14.7 Å². The fourth-order valence-electron chi connectivity index (χ4n) is 5.37. The molecule has 5 nitrogen and oxygen atoms in total. The number of ether oxygens (including phenoxy) is 1. The Morgan fingerprint density at radius 1 is 1.18 bits per heavy atom. The number of nitrogens with zero attached hydrogens (tertiary/aromatic N) is 1. The molecule has 1 aromatic rings. The van der Waals surface area contributed by atoms with Gasteiger partial charge in [-0.3, -0.25) is 14.6 Å². The molecule has 5 rings (SSSR count). The molecule has 4 saturated carbocycles. The Morgan fingerprint density at radius 3 is 2.45 bits per heavy atom. The quantitative estimate of drug-likeness (QED) is 0.869. The van der Waals surface area contributed by atoms with Crippen molar-refractivity contribution >= 4 is 11.9 Å². The molecule has 0 aliphatic heterocycles. The van der Waals surface area contributed by atoms with E-state index in [-0.39, 0.29) is 5.97 Å². The van der Waals surface area contributed by atoms with Gasteiger partial charge in [-0.15, -0.1) is 0 Å². The second-order valence-electron chi connectivity index (χ2n) is 7.41. The first-order chi connectivity index (χ1) is 10.5. The summed E-state index contributed by atoms with van der Waals surface area (Å²) in [5.41, 5.74) is -1.32. The Hall–Kier alpha value is -1.91. The normalized spacial score (nSPS) is 38.7. The van der Waals surface area contributed by atoms with Crippen LogP contribution in [-0.4, -0.2) is 22.0 Å². The SMILES string of the molecule is O=C(O)C12CC3CC(C1)CC(C(=O)Oc1cccnc1)(C3)C2. The summed E-state index contributed by atoms with van der Waals surface area (Å²) in [6, 6.07) is 3.43. The standard InChI is InChI=1S/C17H19NO4/c19-14(20)16-5-11-4-12(6-16)8-17(7-11,10-16)15(21)22-13-2-1-3-18-9-13/h1-3,9,11-12H,4-8,10H2,(H,19,20). The lowest BCUT2D eigenvalue weighted by molar-refractivity contribution is -0.185. The molecule has 22 heavy (non-hydrogen) atoms. The molecule has 4 bridgehead atoms. The molecular formula is C17H19NO4. The van der Waals surface area contributed by atoms with Crippen molar-refractivity contribution < 1.29 is 19.4 Å². The molecule has 2 unspecified atom stereocenters. The number of esters is 1. The predicted octanol–water partition coefficient (Wildman–Crippen LogP) is 2.66. The summed E-state index contributed by atoms with van der Waals surface area (Å²) < 4.78 is 5.53. The minimum Gasteiger partial charge on any atom is -0.481 e. The van der Waals surface area contributed by atoms with Crippen LogP contribution in [0, 0.1) is 22.7 Å². The first kappa shape index (κ1) is 13.7. The highest BCUT2D eigenvalue weighted by atomic mass is 16.5. The van der Waals surface area contributed by atoms with E-state index in [4.69, 9.17) is 4.74 Å². The van der Waals surface area contributed by atoms with Gasteiger partial charge >= 0.3 is 11.9 Å². The van der Waals surface area contributed by atoms with Crippen molar-refractivity contribution in [2.24, 2.45) is 22.7 Å². The Kier molecular flexibility index (Phi) is 2.83. The summed E-state index contributed by atoms with van der Waals surface area (Å²) in [5.74, 6) is 0.130. The summed E-state index contributed by atoms with van der Waals surface area (Å²) >= 11 is 0. The van der Waals surface area contributed by atoms with Gasteiger partial charge in [0, 0.05) is 6.20 Å². The molecule has 4 fully saturated rings. The number of hydrogen-bond acceptors (Lipinski definition) is 4. The summed E-state index contributed by atoms with van der Waals surface area (Å²) in [5, 5.41) is 9.70. The van der Waals surface area contributed by atoms with Gasteiger partial charge < -0.3 is 9.84 Å². The number of pyridine rings is 1. The van der Waals surface area contributed by atoms with Gasteiger partial charge in [-0.2, -0.15) is 0 Å². The van der Waals surface area contributed by atoms with E-state index in [0.717, 1.165) is 32.1 Å². The first-order valence-corrected chi connectivity index (χ1v) is 7.87. The number of hydrogen-bond donors (Lipinski definition) is 1. The molecule has 4 aliphatic carbocycles. The van der Waals surface area contributed by atoms with Gasteiger partial charge in [0.1, 0.15) is 5.75 Å². The Labute approximate surface area is 128 Å². The van der Waals surface area contributed by atoms with E-state index in [2.05, 4.69) is 4.98 Å². The summed E-state index contributed by atoms with van der Waals surface area (Å²) in [4.78, 5) is 28.6. The molecule has 0 amide bonds. The van der Waals surface area contributed by atoms with Crippen LogP contribution in [0.25, 0.3) is 0 Å². The zero-order chi connectivity index (χ0) is 15.4. The van der Waals surface area contributed by atoms with Crippen LogP contribution in [-0.2, 0) is 9.59 Å². The van der Waals surface area contributed by atoms with Gasteiger partial charge in [-0.25, -0.2) is 0 Å². The third-order valence-electron chi connectivity index (χ3n) is 5.79. The van der Waals surface area contributed by atoms with Crippen molar-refractivity contribution in [3.8, 4) is 5.75 Å². The number of carboxylic acid groups (broad SMARTS) is 1. The van der Waals surface area contributed by atoms with Crippen LogP contribution in [0.1, 0.15) is 38.5 Å². The van der Waals surface area contributed by atoms with Crippen LogP contribution in [0.3, 0.4) is 0 Å². The molecule has 0 aromatic carbocycles. The van der Waals surface area contributed by atoms with Crippen molar-refractivity contribution in [3.05, 3.63) is 24.5 Å². The van der Waals surface area contributed by atoms with Gasteiger partial charge in [0.25, 0.3) is 0 Å². The lowest BCUT2D eigenvalue weighted by Gasteiger charge is -2.58. The summed E-state index contributed by atoms with van der Waals surface area (Å²) in [6.07, 6.45) is 7.64. The Morgan fingerprint density at radius 2 is 1.86 bits per heavy atom. The molecule has 0 saturated heterocycles. The van der Waals surface area contributed by atoms with Crippen LogP contribution < -0.4 is 4.74 Å². The van der Waals surface area contributed by atoms with Crippen LogP contribution in [0.4, 0.5) is 0 Å². The third kappa shape index (κ3) is 1.95. The number of carbonyl (C=O) groups is 2. The molecule has 116 valence electrons. The van der Waals surface area contributed by atoms with E-state index >= 15 is 0 Å². The van der Waals surface area contributed by atoms with E-state index < -0.39 is 16.8 Å². The molecule has 1 N–H and O–H groups in total. The van der Waals surface area contributed by atoms with E-state index in [1.807, 2.05) is 0 Å². The average molecular weight is 301 g/mol. The minimum absolute atomic E-state index is 0.264. The third-order valence-corrected chi connectivity index (χ3v) is 5.79. The van der Waals surface area contributed by atoms with Crippen LogP contribution in [0.2, 0.25) is 0 Å². The molecule has 2 atom stereocenters. The lowest BCUT2D eigenvalue weighted by atomic mass is 9.44. The Bertz CT molecular complexity index is 613. The van der Waals surface area contributed by atoms with Crippen molar-refractivity contribution in [3.63, 3.8) is 0 Å². The smallest absolute Gasteiger partial charge is 0.317 e. The highest BCUT2D eigenvalue weighted by Gasteiger charge is 2.64. The van der Waals surface area contributed by atoms with E-state index in [1.54, 1.807) is 18.3 Å². The Balaban J connectivity index is 1.63. The van der Waals surface area contributed by atoms with Crippen molar-refractivity contribution in [1.29, 1.82) is 0 Å². The molecule has 0 spiro atoms. The fraction of sp³-hybridized carbons (Fsp3) is 0.588. The minimum atomic E-state index is -0.736. The maximum atomic E-state index is 12.8. The maximum absolute atomic E-state index is 12.8. The van der Waals surface area contributed by atoms with Gasteiger partial charge in [0.15, 0.2) is 0 Å². The van der Waals surface area contributed by atoms with Crippen LogP contribution in [0.15, 0.2) is 24.5 Å². The first-order valence-electron chi connectivity index (χ1n) is 7.87. The zero-order valence-corrected chi connectivity index (χ0v) is 12.3. The average Bonchev–Trinajstić information content (AvgIpc) is 2.46. The van der Waals surface area contributed by atoms with Crippen LogP contribution >= 0.6 is 0 Å². The highest BCUT2D eigenvalue weighted by Crippen LogP contribution is 2.65. The molecule has 4 aliphatic rings. The van der Waals surface area contributed by atoms with Gasteiger partial charge in [0.05, 0.1) is 17.0 Å². The predicted molar refractivity (Wildman–Crippen MR) is 77.1 cm³/mol. The number of aromatic nitrogens is 1. The summed E-state index contributed by atoms with van der Waals surface area (Å²) in [6.45, 7) is 0. The molecule has 1 heterocycles. The topological polar surface area (TPSA) is 76.5 Å². The lowest BCUT2D eigenvalue weighted by Crippen LogP contribution is -2.58. The molecule has 5 heteroatoms. The van der Waals surface area contributed by atoms with Gasteiger partial charge in [0.2, 0.25) is 0 Å². The second-order valence-corrected chi connectivity index (χ2v) is 7.41. The van der Waals surface area contributed by atoms with Gasteiger partial charge in [-0.05, 0) is 62.5 Å². The molecule has 1 aromatic heterocycles. The monoisotopic (exact) mass is 301 g/mol. The number of rotatable bonds is 3. The zero-order valence-electron chi connectivity index (χ0n) is 12.3. The van der Waals surface area contributed by atoms with Crippen molar-refractivity contribution in [2.75, 3.05) is 0 Å². The number of carboxylic acids is 1.